The zero-order chi connectivity index (χ0) is 10.1. The summed E-state index contributed by atoms with van der Waals surface area (Å²) >= 11 is 0. The van der Waals surface area contributed by atoms with Gasteiger partial charge in [0, 0.05) is 23.7 Å². The fourth-order valence-electron chi connectivity index (χ4n) is 0.943. The standard InChI is InChI=1S/C8H13N3O2/c1-8(2,4-9)5-3-6(12)11-7(13)10-5/h3H,4,9H2,1-2H3,(H2,10,11,12,13). The molecule has 5 heteroatoms. The van der Waals surface area contributed by atoms with Gasteiger partial charge in [-0.3, -0.25) is 9.78 Å². The summed E-state index contributed by atoms with van der Waals surface area (Å²) in [5, 5.41) is 0. The second-order valence-electron chi connectivity index (χ2n) is 3.59. The van der Waals surface area contributed by atoms with Crippen LogP contribution in [0.25, 0.3) is 0 Å². The quantitative estimate of drug-likeness (QED) is 0.566. The molecular formula is C8H13N3O2. The summed E-state index contributed by atoms with van der Waals surface area (Å²) < 4.78 is 0. The van der Waals surface area contributed by atoms with E-state index in [0.717, 1.165) is 0 Å². The van der Waals surface area contributed by atoms with E-state index in [0.29, 0.717) is 12.2 Å². The molecule has 1 aromatic heterocycles. The van der Waals surface area contributed by atoms with Gasteiger partial charge in [-0.05, 0) is 0 Å². The largest absolute Gasteiger partial charge is 0.330 e. The van der Waals surface area contributed by atoms with E-state index >= 15 is 0 Å². The Bertz CT molecular complexity index is 374. The van der Waals surface area contributed by atoms with Gasteiger partial charge in [-0.15, -0.1) is 0 Å². The van der Waals surface area contributed by atoms with E-state index in [1.54, 1.807) is 0 Å². The number of H-pyrrole nitrogens is 2. The zero-order valence-electron chi connectivity index (χ0n) is 7.68. The molecule has 0 fully saturated rings. The highest BCUT2D eigenvalue weighted by molar-refractivity contribution is 5.12. The van der Waals surface area contributed by atoms with E-state index in [4.69, 9.17) is 5.73 Å². The van der Waals surface area contributed by atoms with Gasteiger partial charge in [0.05, 0.1) is 0 Å². The molecule has 72 valence electrons. The first-order valence-corrected chi connectivity index (χ1v) is 4.00. The van der Waals surface area contributed by atoms with Crippen molar-refractivity contribution in [3.63, 3.8) is 0 Å². The highest BCUT2D eigenvalue weighted by Crippen LogP contribution is 2.16. The summed E-state index contributed by atoms with van der Waals surface area (Å²) in [6.07, 6.45) is 0. The van der Waals surface area contributed by atoms with E-state index in [9.17, 15) is 9.59 Å². The number of rotatable bonds is 2. The molecule has 4 N–H and O–H groups in total. The SMILES string of the molecule is CC(C)(CN)c1cc(=O)[nH]c(=O)[nH]1. The Morgan fingerprint density at radius 3 is 2.46 bits per heavy atom. The lowest BCUT2D eigenvalue weighted by Crippen LogP contribution is -2.34. The first-order valence-electron chi connectivity index (χ1n) is 4.00. The summed E-state index contributed by atoms with van der Waals surface area (Å²) in [6.45, 7) is 4.09. The molecule has 0 spiro atoms. The molecular weight excluding hydrogens is 170 g/mol. The highest BCUT2D eigenvalue weighted by atomic mass is 16.2. The predicted molar refractivity (Wildman–Crippen MR) is 49.8 cm³/mol. The van der Waals surface area contributed by atoms with Crippen LogP contribution in [0, 0.1) is 0 Å². The van der Waals surface area contributed by atoms with Crippen LogP contribution >= 0.6 is 0 Å². The Labute approximate surface area is 75.0 Å². The van der Waals surface area contributed by atoms with Gasteiger partial charge in [-0.2, -0.15) is 0 Å². The fourth-order valence-corrected chi connectivity index (χ4v) is 0.943. The summed E-state index contributed by atoms with van der Waals surface area (Å²) in [5.74, 6) is 0. The first-order chi connectivity index (χ1) is 5.95. The molecule has 0 aliphatic rings. The second-order valence-corrected chi connectivity index (χ2v) is 3.59. The van der Waals surface area contributed by atoms with Gasteiger partial charge in [0.15, 0.2) is 0 Å². The number of aromatic amines is 2. The molecule has 0 atom stereocenters. The maximum Gasteiger partial charge on any atom is 0.325 e. The van der Waals surface area contributed by atoms with Crippen molar-refractivity contribution in [1.82, 2.24) is 9.97 Å². The molecule has 0 saturated heterocycles. The second kappa shape index (κ2) is 3.18. The van der Waals surface area contributed by atoms with Crippen molar-refractivity contribution in [3.05, 3.63) is 32.6 Å². The van der Waals surface area contributed by atoms with Crippen molar-refractivity contribution in [3.8, 4) is 0 Å². The highest BCUT2D eigenvalue weighted by Gasteiger charge is 2.19. The normalized spacial score (nSPS) is 11.6. The minimum Gasteiger partial charge on any atom is -0.330 e. The summed E-state index contributed by atoms with van der Waals surface area (Å²) in [7, 11) is 0. The summed E-state index contributed by atoms with van der Waals surface area (Å²) in [5.41, 5.74) is 4.78. The van der Waals surface area contributed by atoms with Crippen molar-refractivity contribution in [2.24, 2.45) is 5.73 Å². The third-order valence-corrected chi connectivity index (χ3v) is 2.00. The maximum atomic E-state index is 11.0. The number of nitrogens with one attached hydrogen (secondary N) is 2. The lowest BCUT2D eigenvalue weighted by Gasteiger charge is -2.21. The van der Waals surface area contributed by atoms with Gasteiger partial charge in [0.1, 0.15) is 0 Å². The molecule has 0 aliphatic heterocycles. The number of aromatic nitrogens is 2. The lowest BCUT2D eigenvalue weighted by molar-refractivity contribution is 0.517. The lowest BCUT2D eigenvalue weighted by atomic mass is 9.89. The van der Waals surface area contributed by atoms with Crippen molar-refractivity contribution in [2.45, 2.75) is 19.3 Å². The third-order valence-electron chi connectivity index (χ3n) is 2.00. The smallest absolute Gasteiger partial charge is 0.325 e. The van der Waals surface area contributed by atoms with Crippen LogP contribution in [0.3, 0.4) is 0 Å². The molecule has 0 amide bonds. The molecule has 0 unspecified atom stereocenters. The molecule has 1 heterocycles. The van der Waals surface area contributed by atoms with Crippen LogP contribution in [0.2, 0.25) is 0 Å². The Kier molecular flexibility index (Phi) is 2.38. The van der Waals surface area contributed by atoms with Crippen LogP contribution in [0.4, 0.5) is 0 Å². The Balaban J connectivity index is 3.31. The van der Waals surface area contributed by atoms with E-state index in [-0.39, 0.29) is 5.41 Å². The van der Waals surface area contributed by atoms with Crippen molar-refractivity contribution >= 4 is 0 Å². The van der Waals surface area contributed by atoms with Crippen LogP contribution < -0.4 is 17.0 Å². The monoisotopic (exact) mass is 183 g/mol. The van der Waals surface area contributed by atoms with Gasteiger partial charge in [0.2, 0.25) is 0 Å². The van der Waals surface area contributed by atoms with Gasteiger partial charge < -0.3 is 10.7 Å². The molecule has 0 radical (unpaired) electrons. The van der Waals surface area contributed by atoms with E-state index in [1.807, 2.05) is 13.8 Å². The minimum absolute atomic E-state index is 0.367. The molecule has 5 nitrogen and oxygen atoms in total. The molecule has 1 rings (SSSR count). The summed E-state index contributed by atoms with van der Waals surface area (Å²) in [6, 6.07) is 1.36. The van der Waals surface area contributed by atoms with Crippen molar-refractivity contribution in [1.29, 1.82) is 0 Å². The average Bonchev–Trinajstić information content (AvgIpc) is 2.02. The van der Waals surface area contributed by atoms with Crippen molar-refractivity contribution < 1.29 is 0 Å². The number of hydrogen-bond acceptors (Lipinski definition) is 3. The zero-order valence-corrected chi connectivity index (χ0v) is 7.68. The molecule has 13 heavy (non-hydrogen) atoms. The molecule has 0 bridgehead atoms. The number of nitrogens with two attached hydrogens (primary N) is 1. The van der Waals surface area contributed by atoms with Gasteiger partial charge >= 0.3 is 5.69 Å². The van der Waals surface area contributed by atoms with Crippen LogP contribution in [-0.2, 0) is 5.41 Å². The molecule has 0 aliphatic carbocycles. The molecule has 1 aromatic rings. The topological polar surface area (TPSA) is 91.7 Å². The van der Waals surface area contributed by atoms with Gasteiger partial charge in [-0.1, -0.05) is 13.8 Å². The average molecular weight is 183 g/mol. The van der Waals surface area contributed by atoms with E-state index in [1.165, 1.54) is 6.07 Å². The molecule has 0 saturated carbocycles. The van der Waals surface area contributed by atoms with Crippen molar-refractivity contribution in [2.75, 3.05) is 6.54 Å². The number of hydrogen-bond donors (Lipinski definition) is 3. The fraction of sp³-hybridized carbons (Fsp3) is 0.500. The van der Waals surface area contributed by atoms with E-state index in [2.05, 4.69) is 9.97 Å². The van der Waals surface area contributed by atoms with Gasteiger partial charge in [0.25, 0.3) is 5.56 Å². The Morgan fingerprint density at radius 2 is 2.00 bits per heavy atom. The van der Waals surface area contributed by atoms with Crippen LogP contribution in [0.15, 0.2) is 15.7 Å². The summed E-state index contributed by atoms with van der Waals surface area (Å²) in [4.78, 5) is 26.5. The Morgan fingerprint density at radius 1 is 1.38 bits per heavy atom. The van der Waals surface area contributed by atoms with E-state index < -0.39 is 11.2 Å². The minimum atomic E-state index is -0.496. The predicted octanol–water partition coefficient (Wildman–Crippen LogP) is -0.700. The Hall–Kier alpha value is -1.36. The first kappa shape index (κ1) is 9.73. The third kappa shape index (κ3) is 2.06. The van der Waals surface area contributed by atoms with Crippen LogP contribution in [-0.4, -0.2) is 16.5 Å². The maximum absolute atomic E-state index is 11.0. The van der Waals surface area contributed by atoms with Crippen LogP contribution in [0.5, 0.6) is 0 Å². The molecule has 0 aromatic carbocycles. The van der Waals surface area contributed by atoms with Gasteiger partial charge in [-0.25, -0.2) is 4.79 Å². The van der Waals surface area contributed by atoms with Crippen LogP contribution in [0.1, 0.15) is 19.5 Å².